The van der Waals surface area contributed by atoms with Gasteiger partial charge in [-0.05, 0) is 31.2 Å². The molecule has 0 radical (unpaired) electrons. The molecule has 1 unspecified atom stereocenters. The lowest BCUT2D eigenvalue weighted by atomic mass is 10.0. The maximum Gasteiger partial charge on any atom is 0.251 e. The highest BCUT2D eigenvalue weighted by Crippen LogP contribution is 2.19. The molecule has 0 aromatic heterocycles. The molecule has 1 aromatic carbocycles. The summed E-state index contributed by atoms with van der Waals surface area (Å²) >= 11 is 5.85. The van der Waals surface area contributed by atoms with Crippen LogP contribution in [0.15, 0.2) is 24.3 Å². The molecular formula is C14H21ClF2N2O. The summed E-state index contributed by atoms with van der Waals surface area (Å²) in [6, 6.07) is 7.55. The summed E-state index contributed by atoms with van der Waals surface area (Å²) in [5, 5.41) is 12.7. The van der Waals surface area contributed by atoms with Crippen molar-refractivity contribution in [2.24, 2.45) is 0 Å². The van der Waals surface area contributed by atoms with Crippen molar-refractivity contribution in [2.75, 3.05) is 33.3 Å². The largest absolute Gasteiger partial charge is 0.395 e. The van der Waals surface area contributed by atoms with Gasteiger partial charge < -0.3 is 10.4 Å². The number of aliphatic hydroxyl groups is 1. The van der Waals surface area contributed by atoms with Crippen molar-refractivity contribution in [1.82, 2.24) is 10.2 Å². The van der Waals surface area contributed by atoms with Gasteiger partial charge in [0.25, 0.3) is 6.43 Å². The smallest absolute Gasteiger partial charge is 0.251 e. The molecule has 0 bridgehead atoms. The molecule has 0 aliphatic carbocycles. The molecule has 6 heteroatoms. The van der Waals surface area contributed by atoms with E-state index < -0.39 is 6.43 Å². The van der Waals surface area contributed by atoms with Crippen LogP contribution in [-0.2, 0) is 0 Å². The molecule has 1 rings (SSSR count). The number of rotatable bonds is 9. The van der Waals surface area contributed by atoms with Gasteiger partial charge in [-0.25, -0.2) is 8.78 Å². The SMILES string of the molecule is CNC(CCN(CCO)CC(F)F)c1ccc(Cl)cc1. The van der Waals surface area contributed by atoms with E-state index in [9.17, 15) is 8.78 Å². The minimum Gasteiger partial charge on any atom is -0.395 e. The summed E-state index contributed by atoms with van der Waals surface area (Å²) in [5.74, 6) is 0. The third kappa shape index (κ3) is 6.13. The van der Waals surface area contributed by atoms with E-state index in [2.05, 4.69) is 5.32 Å². The number of halogens is 3. The molecule has 1 atom stereocenters. The highest BCUT2D eigenvalue weighted by molar-refractivity contribution is 6.30. The predicted molar refractivity (Wildman–Crippen MR) is 77.4 cm³/mol. The van der Waals surface area contributed by atoms with Crippen LogP contribution in [0, 0.1) is 0 Å². The molecule has 20 heavy (non-hydrogen) atoms. The first-order valence-electron chi connectivity index (χ1n) is 6.61. The van der Waals surface area contributed by atoms with Gasteiger partial charge in [-0.3, -0.25) is 4.90 Å². The van der Waals surface area contributed by atoms with Gasteiger partial charge in [-0.2, -0.15) is 0 Å². The van der Waals surface area contributed by atoms with Crippen LogP contribution in [-0.4, -0.2) is 49.7 Å². The Bertz CT molecular complexity index is 376. The van der Waals surface area contributed by atoms with E-state index in [0.717, 1.165) is 5.56 Å². The van der Waals surface area contributed by atoms with Crippen LogP contribution in [0.3, 0.4) is 0 Å². The molecular weight excluding hydrogens is 286 g/mol. The maximum atomic E-state index is 12.4. The average Bonchev–Trinajstić information content (AvgIpc) is 2.41. The topological polar surface area (TPSA) is 35.5 Å². The van der Waals surface area contributed by atoms with Gasteiger partial charge in [0.15, 0.2) is 0 Å². The van der Waals surface area contributed by atoms with Gasteiger partial charge in [0.05, 0.1) is 13.2 Å². The first kappa shape index (κ1) is 17.3. The number of hydrogen-bond donors (Lipinski definition) is 2. The van der Waals surface area contributed by atoms with Crippen LogP contribution < -0.4 is 5.32 Å². The van der Waals surface area contributed by atoms with E-state index >= 15 is 0 Å². The Morgan fingerprint density at radius 1 is 1.25 bits per heavy atom. The van der Waals surface area contributed by atoms with Crippen LogP contribution in [0.2, 0.25) is 5.02 Å². The normalized spacial score (nSPS) is 13.2. The van der Waals surface area contributed by atoms with Gasteiger partial charge in [-0.15, -0.1) is 0 Å². The number of hydrogen-bond acceptors (Lipinski definition) is 3. The number of benzene rings is 1. The summed E-state index contributed by atoms with van der Waals surface area (Å²) in [6.45, 7) is 0.343. The molecule has 0 saturated heterocycles. The summed E-state index contributed by atoms with van der Waals surface area (Å²) < 4.78 is 24.9. The zero-order valence-corrected chi connectivity index (χ0v) is 12.3. The summed E-state index contributed by atoms with van der Waals surface area (Å²) in [4.78, 5) is 1.57. The van der Waals surface area contributed by atoms with E-state index in [0.29, 0.717) is 18.0 Å². The molecule has 0 aliphatic heterocycles. The van der Waals surface area contributed by atoms with Crippen LogP contribution in [0.4, 0.5) is 8.78 Å². The average molecular weight is 307 g/mol. The number of alkyl halides is 2. The number of aliphatic hydroxyl groups excluding tert-OH is 1. The fourth-order valence-electron chi connectivity index (χ4n) is 2.12. The highest BCUT2D eigenvalue weighted by atomic mass is 35.5. The fourth-order valence-corrected chi connectivity index (χ4v) is 2.24. The monoisotopic (exact) mass is 306 g/mol. The Morgan fingerprint density at radius 3 is 2.40 bits per heavy atom. The zero-order valence-electron chi connectivity index (χ0n) is 11.5. The van der Waals surface area contributed by atoms with Crippen molar-refractivity contribution in [3.05, 3.63) is 34.9 Å². The van der Waals surface area contributed by atoms with Crippen molar-refractivity contribution in [3.8, 4) is 0 Å². The Kier molecular flexibility index (Phi) is 7.99. The molecule has 0 aliphatic rings. The number of nitrogens with zero attached hydrogens (tertiary/aromatic N) is 1. The third-order valence-corrected chi connectivity index (χ3v) is 3.42. The zero-order chi connectivity index (χ0) is 15.0. The van der Waals surface area contributed by atoms with Crippen molar-refractivity contribution < 1.29 is 13.9 Å². The van der Waals surface area contributed by atoms with E-state index in [1.54, 1.807) is 4.90 Å². The predicted octanol–water partition coefficient (Wildman–Crippen LogP) is 2.55. The molecule has 0 amide bonds. The van der Waals surface area contributed by atoms with Crippen molar-refractivity contribution in [2.45, 2.75) is 18.9 Å². The van der Waals surface area contributed by atoms with E-state index in [4.69, 9.17) is 16.7 Å². The fraction of sp³-hybridized carbons (Fsp3) is 0.571. The molecule has 114 valence electrons. The molecule has 1 aromatic rings. The quantitative estimate of drug-likeness (QED) is 0.736. The maximum absolute atomic E-state index is 12.4. The molecule has 0 spiro atoms. The second kappa shape index (κ2) is 9.23. The second-order valence-electron chi connectivity index (χ2n) is 4.60. The van der Waals surface area contributed by atoms with Crippen LogP contribution >= 0.6 is 11.6 Å². The van der Waals surface area contributed by atoms with Crippen molar-refractivity contribution in [3.63, 3.8) is 0 Å². The highest BCUT2D eigenvalue weighted by Gasteiger charge is 2.15. The Labute approximate surface area is 123 Å². The van der Waals surface area contributed by atoms with Crippen LogP contribution in [0.1, 0.15) is 18.0 Å². The minimum absolute atomic E-state index is 0.0751. The summed E-state index contributed by atoms with van der Waals surface area (Å²) in [7, 11) is 1.84. The molecule has 0 heterocycles. The van der Waals surface area contributed by atoms with Gasteiger partial charge in [0, 0.05) is 24.2 Å². The molecule has 2 N–H and O–H groups in total. The molecule has 0 fully saturated rings. The van der Waals surface area contributed by atoms with E-state index in [1.165, 1.54) is 0 Å². The van der Waals surface area contributed by atoms with E-state index in [1.807, 2.05) is 31.3 Å². The van der Waals surface area contributed by atoms with Crippen LogP contribution in [0.5, 0.6) is 0 Å². The molecule has 3 nitrogen and oxygen atoms in total. The van der Waals surface area contributed by atoms with Crippen molar-refractivity contribution >= 4 is 11.6 Å². The van der Waals surface area contributed by atoms with E-state index in [-0.39, 0.29) is 25.7 Å². The van der Waals surface area contributed by atoms with Crippen LogP contribution in [0.25, 0.3) is 0 Å². The lowest BCUT2D eigenvalue weighted by molar-refractivity contribution is 0.0763. The summed E-state index contributed by atoms with van der Waals surface area (Å²) in [5.41, 5.74) is 1.07. The lowest BCUT2D eigenvalue weighted by Gasteiger charge is -2.24. The minimum atomic E-state index is -2.38. The standard InChI is InChI=1S/C14H21ClF2N2O/c1-18-13(11-2-4-12(15)5-3-11)6-7-19(8-9-20)10-14(16)17/h2-5,13-14,18,20H,6-10H2,1H3. The first-order chi connectivity index (χ1) is 9.56. The van der Waals surface area contributed by atoms with Gasteiger partial charge in [-0.1, -0.05) is 23.7 Å². The summed E-state index contributed by atoms with van der Waals surface area (Å²) in [6.07, 6.45) is -1.70. The van der Waals surface area contributed by atoms with Gasteiger partial charge in [0.2, 0.25) is 0 Å². The number of nitrogens with one attached hydrogen (secondary N) is 1. The second-order valence-corrected chi connectivity index (χ2v) is 5.03. The Balaban J connectivity index is 2.56. The van der Waals surface area contributed by atoms with Gasteiger partial charge >= 0.3 is 0 Å². The lowest BCUT2D eigenvalue weighted by Crippen LogP contribution is -2.34. The Hall–Kier alpha value is -0.750. The Morgan fingerprint density at radius 2 is 1.90 bits per heavy atom. The first-order valence-corrected chi connectivity index (χ1v) is 6.98. The molecule has 0 saturated carbocycles. The van der Waals surface area contributed by atoms with Crippen molar-refractivity contribution in [1.29, 1.82) is 0 Å². The third-order valence-electron chi connectivity index (χ3n) is 3.17. The van der Waals surface area contributed by atoms with Gasteiger partial charge in [0.1, 0.15) is 0 Å².